The molecule has 0 radical (unpaired) electrons. The first-order valence-corrected chi connectivity index (χ1v) is 10.3. The van der Waals surface area contributed by atoms with E-state index in [1.165, 1.54) is 16.8 Å². The fraction of sp³-hybridized carbons (Fsp3) is 0.0800. The van der Waals surface area contributed by atoms with Crippen LogP contribution >= 0.6 is 0 Å². The summed E-state index contributed by atoms with van der Waals surface area (Å²) in [4.78, 5) is 38.3. The monoisotopic (exact) mass is 462 g/mol. The lowest BCUT2D eigenvalue weighted by Gasteiger charge is -2.08. The molecular formula is C25H20F2N4O3. The molecule has 0 aliphatic rings. The third kappa shape index (κ3) is 4.36. The Labute approximate surface area is 193 Å². The number of hydrogen-bond donors (Lipinski definition) is 2. The molecule has 0 saturated heterocycles. The van der Waals surface area contributed by atoms with Gasteiger partial charge in [0.15, 0.2) is 11.6 Å². The van der Waals surface area contributed by atoms with Crippen molar-refractivity contribution < 1.29 is 18.4 Å². The third-order valence-electron chi connectivity index (χ3n) is 5.36. The van der Waals surface area contributed by atoms with E-state index in [1.807, 2.05) is 18.2 Å². The average Bonchev–Trinajstić information content (AvgIpc) is 3.04. The van der Waals surface area contributed by atoms with Crippen molar-refractivity contribution in [3.8, 4) is 5.69 Å². The second-order valence-electron chi connectivity index (χ2n) is 7.55. The summed E-state index contributed by atoms with van der Waals surface area (Å²) >= 11 is 0. The number of hydrogen-bond acceptors (Lipinski definition) is 3. The molecule has 1 heterocycles. The Kier molecular flexibility index (Phi) is 6.09. The molecule has 0 unspecified atom stereocenters. The smallest absolute Gasteiger partial charge is 0.295 e. The molecule has 0 aliphatic carbocycles. The maximum Gasteiger partial charge on any atom is 0.295 e. The highest BCUT2D eigenvalue weighted by Gasteiger charge is 2.19. The first-order chi connectivity index (χ1) is 16.3. The lowest BCUT2D eigenvalue weighted by Crippen LogP contribution is -2.23. The summed E-state index contributed by atoms with van der Waals surface area (Å²) < 4.78 is 29.6. The van der Waals surface area contributed by atoms with E-state index in [-0.39, 0.29) is 28.1 Å². The Morgan fingerprint density at radius 1 is 0.794 bits per heavy atom. The zero-order valence-electron chi connectivity index (χ0n) is 18.3. The summed E-state index contributed by atoms with van der Waals surface area (Å²) in [6.45, 7) is 1.72. The van der Waals surface area contributed by atoms with E-state index >= 15 is 0 Å². The van der Waals surface area contributed by atoms with E-state index in [0.717, 1.165) is 18.2 Å². The molecule has 0 saturated carbocycles. The topological polar surface area (TPSA) is 85.1 Å². The molecule has 4 rings (SSSR count). The Morgan fingerprint density at radius 2 is 1.47 bits per heavy atom. The second-order valence-corrected chi connectivity index (χ2v) is 7.55. The molecule has 0 aliphatic heterocycles. The molecule has 172 valence electrons. The SMILES string of the molecule is Cc1c(NC(=O)c2cccc(NC(=O)c3ccc(F)c(F)c3)c2)c(=O)n(-c2ccccc2)n1C. The largest absolute Gasteiger partial charge is 0.322 e. The normalized spacial score (nSPS) is 10.7. The molecule has 2 amide bonds. The van der Waals surface area contributed by atoms with E-state index in [2.05, 4.69) is 10.6 Å². The molecule has 7 nitrogen and oxygen atoms in total. The van der Waals surface area contributed by atoms with E-state index in [9.17, 15) is 23.2 Å². The quantitative estimate of drug-likeness (QED) is 0.465. The van der Waals surface area contributed by atoms with Crippen LogP contribution in [0.5, 0.6) is 0 Å². The first kappa shape index (κ1) is 22.7. The van der Waals surface area contributed by atoms with Gasteiger partial charge in [-0.1, -0.05) is 24.3 Å². The summed E-state index contributed by atoms with van der Waals surface area (Å²) in [5.41, 5.74) is 1.35. The average molecular weight is 462 g/mol. The number of nitrogens with one attached hydrogen (secondary N) is 2. The third-order valence-corrected chi connectivity index (χ3v) is 5.36. The molecule has 0 atom stereocenters. The van der Waals surface area contributed by atoms with Gasteiger partial charge in [0.1, 0.15) is 5.69 Å². The molecular weight excluding hydrogens is 442 g/mol. The van der Waals surface area contributed by atoms with E-state index in [0.29, 0.717) is 11.4 Å². The van der Waals surface area contributed by atoms with Crippen LogP contribution < -0.4 is 16.2 Å². The number of carbonyl (C=O) groups is 2. The lowest BCUT2D eigenvalue weighted by atomic mass is 10.1. The van der Waals surface area contributed by atoms with Gasteiger partial charge in [0.2, 0.25) is 0 Å². The van der Waals surface area contributed by atoms with Gasteiger partial charge < -0.3 is 10.6 Å². The molecule has 0 bridgehead atoms. The number of anilines is 2. The van der Waals surface area contributed by atoms with E-state index < -0.39 is 23.4 Å². The van der Waals surface area contributed by atoms with Crippen LogP contribution in [-0.2, 0) is 7.05 Å². The Morgan fingerprint density at radius 3 is 2.18 bits per heavy atom. The van der Waals surface area contributed by atoms with Crippen LogP contribution in [0.15, 0.2) is 77.6 Å². The Hall–Kier alpha value is -4.53. The highest BCUT2D eigenvalue weighted by atomic mass is 19.2. The van der Waals surface area contributed by atoms with Crippen molar-refractivity contribution in [3.63, 3.8) is 0 Å². The predicted octanol–water partition coefficient (Wildman–Crippen LogP) is 4.27. The van der Waals surface area contributed by atoms with Crippen LogP contribution in [0.3, 0.4) is 0 Å². The Balaban J connectivity index is 1.56. The fourth-order valence-electron chi connectivity index (χ4n) is 3.48. The van der Waals surface area contributed by atoms with Crippen LogP contribution in [0.4, 0.5) is 20.2 Å². The van der Waals surface area contributed by atoms with Gasteiger partial charge in [0.05, 0.1) is 11.4 Å². The zero-order valence-corrected chi connectivity index (χ0v) is 18.3. The molecule has 2 N–H and O–H groups in total. The van der Waals surface area contributed by atoms with Gasteiger partial charge in [0, 0.05) is 23.9 Å². The van der Waals surface area contributed by atoms with Gasteiger partial charge in [-0.25, -0.2) is 13.5 Å². The Bertz CT molecular complexity index is 1460. The summed E-state index contributed by atoms with van der Waals surface area (Å²) in [5, 5.41) is 5.20. The number of para-hydroxylation sites is 1. The number of aromatic nitrogens is 2. The molecule has 3 aromatic carbocycles. The number of rotatable bonds is 5. The van der Waals surface area contributed by atoms with Crippen molar-refractivity contribution in [2.24, 2.45) is 7.05 Å². The fourth-order valence-corrected chi connectivity index (χ4v) is 3.48. The zero-order chi connectivity index (χ0) is 24.4. The minimum absolute atomic E-state index is 0.0740. The minimum atomic E-state index is -1.14. The van der Waals surface area contributed by atoms with Gasteiger partial charge in [-0.05, 0) is 55.5 Å². The standard InChI is InChI=1S/C25H20F2N4O3/c1-15-22(25(34)31(30(15)2)19-9-4-3-5-10-19)29-24(33)16-7-6-8-18(13-16)28-23(32)17-11-12-20(26)21(27)14-17/h3-14H,1-2H3,(H,28,32)(H,29,33). The van der Waals surface area contributed by atoms with Crippen molar-refractivity contribution in [1.29, 1.82) is 0 Å². The number of amides is 2. The van der Waals surface area contributed by atoms with Crippen molar-refractivity contribution >= 4 is 23.2 Å². The summed E-state index contributed by atoms with van der Waals surface area (Å²) in [7, 11) is 1.72. The minimum Gasteiger partial charge on any atom is -0.322 e. The van der Waals surface area contributed by atoms with Crippen LogP contribution in [0.25, 0.3) is 5.69 Å². The van der Waals surface area contributed by atoms with E-state index in [1.54, 1.807) is 42.9 Å². The van der Waals surface area contributed by atoms with Crippen LogP contribution in [0.1, 0.15) is 26.4 Å². The number of carbonyl (C=O) groups excluding carboxylic acids is 2. The highest BCUT2D eigenvalue weighted by molar-refractivity contribution is 6.07. The summed E-state index contributed by atoms with van der Waals surface area (Å²) in [6, 6.07) is 17.9. The molecule has 0 fully saturated rings. The van der Waals surface area contributed by atoms with Crippen molar-refractivity contribution in [3.05, 3.63) is 112 Å². The van der Waals surface area contributed by atoms with Gasteiger partial charge in [-0.3, -0.25) is 19.1 Å². The van der Waals surface area contributed by atoms with E-state index in [4.69, 9.17) is 0 Å². The molecule has 34 heavy (non-hydrogen) atoms. The first-order valence-electron chi connectivity index (χ1n) is 10.3. The maximum atomic E-state index is 13.4. The van der Waals surface area contributed by atoms with Gasteiger partial charge in [-0.2, -0.15) is 0 Å². The van der Waals surface area contributed by atoms with Crippen LogP contribution in [-0.4, -0.2) is 21.2 Å². The maximum absolute atomic E-state index is 13.4. The van der Waals surface area contributed by atoms with Gasteiger partial charge in [-0.15, -0.1) is 0 Å². The summed E-state index contributed by atoms with van der Waals surface area (Å²) in [5.74, 6) is -3.41. The number of nitrogens with zero attached hydrogens (tertiary/aromatic N) is 2. The lowest BCUT2D eigenvalue weighted by molar-refractivity contribution is 0.101. The van der Waals surface area contributed by atoms with Crippen molar-refractivity contribution in [2.75, 3.05) is 10.6 Å². The second kappa shape index (κ2) is 9.14. The van der Waals surface area contributed by atoms with Crippen molar-refractivity contribution in [2.45, 2.75) is 6.92 Å². The highest BCUT2D eigenvalue weighted by Crippen LogP contribution is 2.18. The molecule has 0 spiro atoms. The molecule has 4 aromatic rings. The van der Waals surface area contributed by atoms with Gasteiger partial charge in [0.25, 0.3) is 17.4 Å². The summed E-state index contributed by atoms with van der Waals surface area (Å²) in [6.07, 6.45) is 0. The van der Waals surface area contributed by atoms with Crippen LogP contribution in [0.2, 0.25) is 0 Å². The number of halogens is 2. The predicted molar refractivity (Wildman–Crippen MR) is 124 cm³/mol. The van der Waals surface area contributed by atoms with Gasteiger partial charge >= 0.3 is 0 Å². The van der Waals surface area contributed by atoms with Crippen LogP contribution in [0, 0.1) is 18.6 Å². The van der Waals surface area contributed by atoms with Crippen molar-refractivity contribution in [1.82, 2.24) is 9.36 Å². The molecule has 1 aromatic heterocycles. The molecule has 9 heteroatoms. The number of benzene rings is 3.